The summed E-state index contributed by atoms with van der Waals surface area (Å²) in [5.41, 5.74) is 0.706. The Morgan fingerprint density at radius 2 is 1.82 bits per heavy atom. The fourth-order valence-corrected chi connectivity index (χ4v) is 3.08. The minimum atomic E-state index is -3.44. The molecule has 0 atom stereocenters. The van der Waals surface area contributed by atoms with Crippen molar-refractivity contribution >= 4 is 16.4 Å². The van der Waals surface area contributed by atoms with E-state index in [2.05, 4.69) is 4.99 Å². The summed E-state index contributed by atoms with van der Waals surface area (Å²) in [6, 6.07) is 6.85. The first-order valence-corrected chi connectivity index (χ1v) is 6.89. The summed E-state index contributed by atoms with van der Waals surface area (Å²) in [6.07, 6.45) is 1.41. The second kappa shape index (κ2) is 3.84. The highest BCUT2D eigenvalue weighted by molar-refractivity contribution is 7.89. The van der Waals surface area contributed by atoms with Crippen LogP contribution in [0.15, 0.2) is 34.2 Å². The van der Waals surface area contributed by atoms with E-state index in [1.54, 1.807) is 24.3 Å². The summed E-state index contributed by atoms with van der Waals surface area (Å²) < 4.78 is 25.8. The van der Waals surface area contributed by atoms with E-state index < -0.39 is 10.0 Å². The molecule has 17 heavy (non-hydrogen) atoms. The van der Waals surface area contributed by atoms with Crippen LogP contribution in [0.5, 0.6) is 0 Å². The fraction of sp³-hybridized carbons (Fsp3) is 0.417. The van der Waals surface area contributed by atoms with Crippen LogP contribution in [0.4, 0.5) is 0 Å². The summed E-state index contributed by atoms with van der Waals surface area (Å²) >= 11 is 0. The molecule has 0 amide bonds. The van der Waals surface area contributed by atoms with E-state index in [4.69, 9.17) is 0 Å². The summed E-state index contributed by atoms with van der Waals surface area (Å²) in [4.78, 5) is 4.49. The molecule has 0 fully saturated rings. The van der Waals surface area contributed by atoms with Crippen molar-refractivity contribution in [1.82, 2.24) is 4.31 Å². The lowest BCUT2D eigenvalue weighted by atomic mass is 10.1. The van der Waals surface area contributed by atoms with Crippen molar-refractivity contribution in [2.45, 2.75) is 31.2 Å². The first-order chi connectivity index (χ1) is 7.81. The standard InChI is InChI=1S/C12H16N2O2S/c1-10-4-6-11(7-5-10)17(15,16)14-8-12(2,3)13-9-14/h4-7,9H,8H2,1-3H3. The van der Waals surface area contributed by atoms with Gasteiger partial charge < -0.3 is 0 Å². The molecule has 0 N–H and O–H groups in total. The van der Waals surface area contributed by atoms with Gasteiger partial charge in [0.2, 0.25) is 0 Å². The van der Waals surface area contributed by atoms with Crippen molar-refractivity contribution in [2.75, 3.05) is 6.54 Å². The van der Waals surface area contributed by atoms with Crippen LogP contribution < -0.4 is 0 Å². The molecule has 0 aliphatic carbocycles. The van der Waals surface area contributed by atoms with E-state index in [1.165, 1.54) is 10.6 Å². The molecular formula is C12H16N2O2S. The maximum Gasteiger partial charge on any atom is 0.265 e. The Hall–Kier alpha value is -1.36. The van der Waals surface area contributed by atoms with Gasteiger partial charge in [-0.1, -0.05) is 17.7 Å². The van der Waals surface area contributed by atoms with Crippen molar-refractivity contribution in [3.8, 4) is 0 Å². The number of aryl methyl sites for hydroxylation is 1. The summed E-state index contributed by atoms with van der Waals surface area (Å²) in [7, 11) is -3.44. The average Bonchev–Trinajstić information content (AvgIpc) is 2.60. The zero-order valence-electron chi connectivity index (χ0n) is 10.2. The minimum Gasteiger partial charge on any atom is -0.267 e. The number of rotatable bonds is 2. The number of aliphatic imine (C=N–C) groups is 1. The number of hydrogen-bond acceptors (Lipinski definition) is 3. The lowest BCUT2D eigenvalue weighted by molar-refractivity contribution is 0.462. The highest BCUT2D eigenvalue weighted by atomic mass is 32.2. The van der Waals surface area contributed by atoms with Crippen molar-refractivity contribution in [2.24, 2.45) is 4.99 Å². The summed E-state index contributed by atoms with van der Waals surface area (Å²) in [5.74, 6) is 0. The Labute approximate surface area is 102 Å². The molecule has 0 aromatic heterocycles. The van der Waals surface area contributed by atoms with E-state index in [-0.39, 0.29) is 5.54 Å². The van der Waals surface area contributed by atoms with Crippen LogP contribution in [-0.2, 0) is 10.0 Å². The van der Waals surface area contributed by atoms with E-state index >= 15 is 0 Å². The second-order valence-corrected chi connectivity index (χ2v) is 6.81. The maximum absolute atomic E-state index is 12.3. The highest BCUT2D eigenvalue weighted by Crippen LogP contribution is 2.23. The van der Waals surface area contributed by atoms with Gasteiger partial charge in [-0.2, -0.15) is 0 Å². The lowest BCUT2D eigenvalue weighted by Gasteiger charge is -2.19. The Morgan fingerprint density at radius 3 is 2.29 bits per heavy atom. The van der Waals surface area contributed by atoms with Crippen LogP contribution in [0, 0.1) is 6.92 Å². The molecule has 5 heteroatoms. The van der Waals surface area contributed by atoms with E-state index in [9.17, 15) is 8.42 Å². The molecule has 92 valence electrons. The molecule has 1 aliphatic heterocycles. The molecule has 0 saturated heterocycles. The Bertz CT molecular complexity index is 544. The molecule has 0 saturated carbocycles. The number of sulfonamides is 1. The predicted molar refractivity (Wildman–Crippen MR) is 67.6 cm³/mol. The summed E-state index contributed by atoms with van der Waals surface area (Å²) in [5, 5.41) is 0. The number of nitrogens with zero attached hydrogens (tertiary/aromatic N) is 2. The van der Waals surface area contributed by atoms with Crippen molar-refractivity contribution in [1.29, 1.82) is 0 Å². The third kappa shape index (κ3) is 2.34. The van der Waals surface area contributed by atoms with E-state index in [1.807, 2.05) is 20.8 Å². The third-order valence-electron chi connectivity index (χ3n) is 2.71. The number of hydrogen-bond donors (Lipinski definition) is 0. The fourth-order valence-electron chi connectivity index (χ4n) is 1.68. The van der Waals surface area contributed by atoms with Gasteiger partial charge in [0.15, 0.2) is 0 Å². The normalized spacial score (nSPS) is 18.6. The second-order valence-electron chi connectivity index (χ2n) is 4.92. The molecule has 1 heterocycles. The third-order valence-corrected chi connectivity index (χ3v) is 4.42. The van der Waals surface area contributed by atoms with Gasteiger partial charge in [-0.25, -0.2) is 8.42 Å². The van der Waals surface area contributed by atoms with Crippen LogP contribution in [0.3, 0.4) is 0 Å². The van der Waals surface area contributed by atoms with Gasteiger partial charge in [-0.15, -0.1) is 0 Å². The minimum absolute atomic E-state index is 0.312. The topological polar surface area (TPSA) is 49.7 Å². The van der Waals surface area contributed by atoms with Gasteiger partial charge >= 0.3 is 0 Å². The van der Waals surface area contributed by atoms with Crippen LogP contribution in [-0.4, -0.2) is 31.1 Å². The zero-order valence-corrected chi connectivity index (χ0v) is 11.0. The Kier molecular flexibility index (Phi) is 2.73. The monoisotopic (exact) mass is 252 g/mol. The molecule has 0 bridgehead atoms. The molecule has 1 aromatic carbocycles. The molecule has 4 nitrogen and oxygen atoms in total. The van der Waals surface area contributed by atoms with Crippen LogP contribution in [0.1, 0.15) is 19.4 Å². The van der Waals surface area contributed by atoms with Crippen LogP contribution in [0.2, 0.25) is 0 Å². The molecule has 0 unspecified atom stereocenters. The van der Waals surface area contributed by atoms with Crippen molar-refractivity contribution in [3.63, 3.8) is 0 Å². The van der Waals surface area contributed by atoms with E-state index in [0.717, 1.165) is 5.56 Å². The number of benzene rings is 1. The molecule has 1 aromatic rings. The quantitative estimate of drug-likeness (QED) is 0.806. The van der Waals surface area contributed by atoms with Gasteiger partial charge in [-0.05, 0) is 32.9 Å². The Morgan fingerprint density at radius 1 is 1.24 bits per heavy atom. The van der Waals surface area contributed by atoms with Crippen LogP contribution in [0.25, 0.3) is 0 Å². The molecule has 0 radical (unpaired) electrons. The molecular weight excluding hydrogens is 236 g/mol. The predicted octanol–water partition coefficient (Wildman–Crippen LogP) is 1.81. The largest absolute Gasteiger partial charge is 0.267 e. The highest BCUT2D eigenvalue weighted by Gasteiger charge is 2.32. The van der Waals surface area contributed by atoms with E-state index in [0.29, 0.717) is 11.4 Å². The smallest absolute Gasteiger partial charge is 0.265 e. The molecule has 2 rings (SSSR count). The van der Waals surface area contributed by atoms with Crippen LogP contribution >= 0.6 is 0 Å². The van der Waals surface area contributed by atoms with Gasteiger partial charge in [0.25, 0.3) is 10.0 Å². The van der Waals surface area contributed by atoms with Gasteiger partial charge in [-0.3, -0.25) is 9.30 Å². The average molecular weight is 252 g/mol. The molecule has 1 aliphatic rings. The lowest BCUT2D eigenvalue weighted by Crippen LogP contribution is -2.33. The SMILES string of the molecule is Cc1ccc(S(=O)(=O)N2C=NC(C)(C)C2)cc1. The summed E-state index contributed by atoms with van der Waals surface area (Å²) in [6.45, 7) is 6.14. The van der Waals surface area contributed by atoms with Crippen molar-refractivity contribution in [3.05, 3.63) is 29.8 Å². The van der Waals surface area contributed by atoms with Crippen molar-refractivity contribution < 1.29 is 8.42 Å². The Balaban J connectivity index is 2.33. The van der Waals surface area contributed by atoms with Gasteiger partial charge in [0.05, 0.1) is 17.0 Å². The first kappa shape index (κ1) is 12.1. The van der Waals surface area contributed by atoms with Gasteiger partial charge in [0.1, 0.15) is 6.34 Å². The maximum atomic E-state index is 12.3. The first-order valence-electron chi connectivity index (χ1n) is 5.45. The van der Waals surface area contributed by atoms with Gasteiger partial charge in [0, 0.05) is 0 Å². The molecule has 0 spiro atoms. The zero-order chi connectivity index (χ0) is 12.7.